The largest absolute Gasteiger partial charge is 0.379 e. The van der Waals surface area contributed by atoms with Crippen molar-refractivity contribution in [1.82, 2.24) is 10.2 Å². The van der Waals surface area contributed by atoms with Gasteiger partial charge in [0.15, 0.2) is 0 Å². The molecular formula is C14H26N2O4. The number of nitrogens with zero attached hydrogens (tertiary/aromatic N) is 1. The molecule has 3 rings (SSSR count). The van der Waals surface area contributed by atoms with Gasteiger partial charge in [0.2, 0.25) is 0 Å². The Kier molecular flexibility index (Phi) is 5.64. The maximum atomic E-state index is 5.96. The summed E-state index contributed by atoms with van der Waals surface area (Å²) in [5.41, 5.74) is 0. The molecule has 20 heavy (non-hydrogen) atoms. The van der Waals surface area contributed by atoms with Crippen molar-refractivity contribution >= 4 is 0 Å². The fourth-order valence-electron chi connectivity index (χ4n) is 2.98. The van der Waals surface area contributed by atoms with Crippen molar-refractivity contribution in [2.75, 3.05) is 65.8 Å². The summed E-state index contributed by atoms with van der Waals surface area (Å²) in [6.07, 6.45) is 1.39. The molecule has 0 aliphatic carbocycles. The van der Waals surface area contributed by atoms with Crippen molar-refractivity contribution in [2.24, 2.45) is 0 Å². The third kappa shape index (κ3) is 4.38. The van der Waals surface area contributed by atoms with E-state index in [9.17, 15) is 0 Å². The van der Waals surface area contributed by atoms with Crippen molar-refractivity contribution in [3.05, 3.63) is 0 Å². The van der Waals surface area contributed by atoms with E-state index in [1.54, 1.807) is 0 Å². The highest BCUT2D eigenvalue weighted by Gasteiger charge is 2.27. The van der Waals surface area contributed by atoms with Crippen LogP contribution in [0.1, 0.15) is 6.42 Å². The molecule has 3 aliphatic rings. The van der Waals surface area contributed by atoms with Gasteiger partial charge in [-0.3, -0.25) is 4.90 Å². The third-order valence-electron chi connectivity index (χ3n) is 4.15. The fraction of sp³-hybridized carbons (Fsp3) is 1.00. The lowest BCUT2D eigenvalue weighted by Crippen LogP contribution is -2.49. The zero-order valence-electron chi connectivity index (χ0n) is 12.1. The van der Waals surface area contributed by atoms with Gasteiger partial charge in [-0.15, -0.1) is 0 Å². The van der Waals surface area contributed by atoms with E-state index in [1.165, 1.54) is 0 Å². The molecule has 6 nitrogen and oxygen atoms in total. The molecule has 3 heterocycles. The van der Waals surface area contributed by atoms with E-state index in [0.29, 0.717) is 19.3 Å². The van der Waals surface area contributed by atoms with Crippen LogP contribution in [0.3, 0.4) is 0 Å². The molecule has 0 unspecified atom stereocenters. The highest BCUT2D eigenvalue weighted by Crippen LogP contribution is 2.14. The smallest absolute Gasteiger partial charge is 0.0936 e. The summed E-state index contributed by atoms with van der Waals surface area (Å²) in [6.45, 7) is 8.60. The zero-order chi connectivity index (χ0) is 13.6. The van der Waals surface area contributed by atoms with Gasteiger partial charge < -0.3 is 24.3 Å². The first kappa shape index (κ1) is 14.7. The minimum Gasteiger partial charge on any atom is -0.379 e. The average Bonchev–Trinajstić information content (AvgIpc) is 2.51. The van der Waals surface area contributed by atoms with Crippen LogP contribution >= 0.6 is 0 Å². The van der Waals surface area contributed by atoms with Crippen molar-refractivity contribution in [2.45, 2.75) is 24.7 Å². The summed E-state index contributed by atoms with van der Waals surface area (Å²) in [5.74, 6) is 0. The quantitative estimate of drug-likeness (QED) is 0.751. The zero-order valence-corrected chi connectivity index (χ0v) is 12.1. The molecule has 1 N–H and O–H groups in total. The van der Waals surface area contributed by atoms with Crippen molar-refractivity contribution in [3.63, 3.8) is 0 Å². The lowest BCUT2D eigenvalue weighted by atomic mass is 10.1. The Morgan fingerprint density at radius 2 is 1.70 bits per heavy atom. The van der Waals surface area contributed by atoms with Gasteiger partial charge in [0.1, 0.15) is 0 Å². The minimum absolute atomic E-state index is 0.204. The highest BCUT2D eigenvalue weighted by atomic mass is 16.6. The Bertz CT molecular complexity index is 244. The molecule has 3 atom stereocenters. The Hall–Kier alpha value is -0.240. The lowest BCUT2D eigenvalue weighted by Gasteiger charge is -2.36. The van der Waals surface area contributed by atoms with Gasteiger partial charge in [-0.2, -0.15) is 0 Å². The van der Waals surface area contributed by atoms with E-state index < -0.39 is 0 Å². The molecule has 0 aromatic rings. The Morgan fingerprint density at radius 1 is 0.900 bits per heavy atom. The van der Waals surface area contributed by atoms with E-state index >= 15 is 0 Å². The second kappa shape index (κ2) is 7.68. The SMILES string of the molecule is C1COC[C@H](C[C@H]2CO[C@@H](CN3CCOCC3)CO2)N1. The number of ether oxygens (including phenoxy) is 4. The van der Waals surface area contributed by atoms with Crippen LogP contribution in [0, 0.1) is 0 Å². The summed E-state index contributed by atoms with van der Waals surface area (Å²) in [6, 6.07) is 0.410. The second-order valence-corrected chi connectivity index (χ2v) is 5.79. The Labute approximate surface area is 120 Å². The molecule has 0 spiro atoms. The van der Waals surface area contributed by atoms with E-state index in [4.69, 9.17) is 18.9 Å². The molecule has 3 fully saturated rings. The maximum absolute atomic E-state index is 5.96. The first-order valence-corrected chi connectivity index (χ1v) is 7.74. The average molecular weight is 286 g/mol. The van der Waals surface area contributed by atoms with Gasteiger partial charge in [0.05, 0.1) is 51.8 Å². The molecule has 0 saturated carbocycles. The summed E-state index contributed by atoms with van der Waals surface area (Å²) in [4.78, 5) is 2.40. The standard InChI is InChI=1S/C14H26N2O4/c1-4-18-9-12(15-1)7-13-10-20-14(11-19-13)8-16-2-5-17-6-3-16/h12-15H,1-11H2/t12-,13-,14-/m0/s1. The molecule has 0 aromatic carbocycles. The topological polar surface area (TPSA) is 52.2 Å². The van der Waals surface area contributed by atoms with Crippen molar-refractivity contribution in [1.29, 1.82) is 0 Å². The van der Waals surface area contributed by atoms with Gasteiger partial charge >= 0.3 is 0 Å². The van der Waals surface area contributed by atoms with Crippen LogP contribution in [0.4, 0.5) is 0 Å². The summed E-state index contributed by atoms with van der Waals surface area (Å²) in [7, 11) is 0. The number of nitrogens with one attached hydrogen (secondary N) is 1. The third-order valence-corrected chi connectivity index (χ3v) is 4.15. The van der Waals surface area contributed by atoms with Crippen molar-refractivity contribution in [3.8, 4) is 0 Å². The molecule has 0 amide bonds. The molecule has 0 aromatic heterocycles. The first-order valence-electron chi connectivity index (χ1n) is 7.74. The molecule has 116 valence electrons. The van der Waals surface area contributed by atoms with Gasteiger partial charge in [-0.25, -0.2) is 0 Å². The fourth-order valence-corrected chi connectivity index (χ4v) is 2.98. The summed E-state index contributed by atoms with van der Waals surface area (Å²) >= 11 is 0. The molecule has 3 aliphatic heterocycles. The lowest BCUT2D eigenvalue weighted by molar-refractivity contribution is -0.148. The van der Waals surface area contributed by atoms with E-state index in [-0.39, 0.29) is 12.2 Å². The van der Waals surface area contributed by atoms with E-state index in [2.05, 4.69) is 10.2 Å². The van der Waals surface area contributed by atoms with Crippen LogP contribution in [-0.4, -0.2) is 89.0 Å². The van der Waals surface area contributed by atoms with E-state index in [1.807, 2.05) is 0 Å². The monoisotopic (exact) mass is 286 g/mol. The van der Waals surface area contributed by atoms with Crippen LogP contribution in [0.25, 0.3) is 0 Å². The molecule has 6 heteroatoms. The van der Waals surface area contributed by atoms with Crippen LogP contribution in [-0.2, 0) is 18.9 Å². The predicted octanol–water partition coefficient (Wildman–Crippen LogP) is -0.519. The highest BCUT2D eigenvalue weighted by molar-refractivity contribution is 4.78. The molecule has 0 bridgehead atoms. The maximum Gasteiger partial charge on any atom is 0.0936 e. The Balaban J connectivity index is 1.33. The van der Waals surface area contributed by atoms with Crippen LogP contribution in [0.2, 0.25) is 0 Å². The molecule has 3 saturated heterocycles. The number of hydrogen-bond donors (Lipinski definition) is 1. The number of rotatable bonds is 4. The summed E-state index contributed by atoms with van der Waals surface area (Å²) in [5, 5.41) is 3.46. The number of hydrogen-bond acceptors (Lipinski definition) is 6. The predicted molar refractivity (Wildman–Crippen MR) is 74.0 cm³/mol. The van der Waals surface area contributed by atoms with Gasteiger partial charge in [-0.05, 0) is 6.42 Å². The van der Waals surface area contributed by atoms with Gasteiger partial charge in [0, 0.05) is 32.2 Å². The first-order chi connectivity index (χ1) is 9.90. The van der Waals surface area contributed by atoms with Crippen molar-refractivity contribution < 1.29 is 18.9 Å². The molecular weight excluding hydrogens is 260 g/mol. The molecule has 0 radical (unpaired) electrons. The summed E-state index contributed by atoms with van der Waals surface area (Å²) < 4.78 is 22.7. The second-order valence-electron chi connectivity index (χ2n) is 5.79. The van der Waals surface area contributed by atoms with Crippen LogP contribution in [0.15, 0.2) is 0 Å². The number of morpholine rings is 2. The Morgan fingerprint density at radius 3 is 2.40 bits per heavy atom. The van der Waals surface area contributed by atoms with Gasteiger partial charge in [0.25, 0.3) is 0 Å². The van der Waals surface area contributed by atoms with Gasteiger partial charge in [-0.1, -0.05) is 0 Å². The normalized spacial score (nSPS) is 36.9. The van der Waals surface area contributed by atoms with Crippen LogP contribution in [0.5, 0.6) is 0 Å². The minimum atomic E-state index is 0.204. The van der Waals surface area contributed by atoms with Crippen LogP contribution < -0.4 is 5.32 Å². The van der Waals surface area contributed by atoms with E-state index in [0.717, 1.165) is 59.0 Å².